The molecule has 1 aromatic carbocycles. The second kappa shape index (κ2) is 6.65. The van der Waals surface area contributed by atoms with Crippen molar-refractivity contribution < 1.29 is 23.5 Å². The monoisotopic (exact) mass is 297 g/mol. The van der Waals surface area contributed by atoms with Crippen LogP contribution < -0.4 is 5.32 Å². The lowest BCUT2D eigenvalue weighted by Crippen LogP contribution is -2.42. The van der Waals surface area contributed by atoms with Crippen molar-refractivity contribution in [2.24, 2.45) is 0 Å². The number of halogens is 2. The SMILES string of the molecule is O=C(NC(CC(F)F)C(=O)O)c1ccc2c(c1)CCCC2. The second-order valence-corrected chi connectivity index (χ2v) is 5.18. The first-order chi connectivity index (χ1) is 9.97. The fraction of sp³-hybridized carbons (Fsp3) is 0.467. The van der Waals surface area contributed by atoms with Crippen molar-refractivity contribution in [3.8, 4) is 0 Å². The van der Waals surface area contributed by atoms with E-state index < -0.39 is 30.8 Å². The Morgan fingerprint density at radius 3 is 2.48 bits per heavy atom. The quantitative estimate of drug-likeness (QED) is 0.877. The Labute approximate surface area is 121 Å². The third-order valence-corrected chi connectivity index (χ3v) is 3.63. The van der Waals surface area contributed by atoms with Gasteiger partial charge in [-0.15, -0.1) is 0 Å². The molecule has 1 atom stereocenters. The van der Waals surface area contributed by atoms with Crippen LogP contribution in [0.3, 0.4) is 0 Å². The van der Waals surface area contributed by atoms with Gasteiger partial charge in [0.1, 0.15) is 6.04 Å². The molecule has 0 bridgehead atoms. The van der Waals surface area contributed by atoms with E-state index in [4.69, 9.17) is 5.11 Å². The number of rotatable bonds is 5. The van der Waals surface area contributed by atoms with Gasteiger partial charge in [0.25, 0.3) is 5.91 Å². The van der Waals surface area contributed by atoms with E-state index in [2.05, 4.69) is 5.32 Å². The summed E-state index contributed by atoms with van der Waals surface area (Å²) < 4.78 is 24.6. The summed E-state index contributed by atoms with van der Waals surface area (Å²) in [5.74, 6) is -2.09. The average molecular weight is 297 g/mol. The summed E-state index contributed by atoms with van der Waals surface area (Å²) in [5.41, 5.74) is 2.59. The Bertz CT molecular complexity index is 546. The predicted octanol–water partition coefficient (Wildman–Crippen LogP) is 2.40. The first kappa shape index (κ1) is 15.4. The average Bonchev–Trinajstić information content (AvgIpc) is 2.45. The van der Waals surface area contributed by atoms with Gasteiger partial charge in [-0.05, 0) is 48.9 Å². The highest BCUT2D eigenvalue weighted by Crippen LogP contribution is 2.22. The molecule has 0 spiro atoms. The molecule has 0 saturated carbocycles. The zero-order valence-corrected chi connectivity index (χ0v) is 11.4. The molecule has 0 fully saturated rings. The maximum Gasteiger partial charge on any atom is 0.326 e. The Morgan fingerprint density at radius 1 is 1.19 bits per heavy atom. The van der Waals surface area contributed by atoms with E-state index in [1.165, 1.54) is 5.56 Å². The number of hydrogen-bond donors (Lipinski definition) is 2. The zero-order valence-electron chi connectivity index (χ0n) is 11.4. The van der Waals surface area contributed by atoms with E-state index in [1.54, 1.807) is 12.1 Å². The summed E-state index contributed by atoms with van der Waals surface area (Å²) >= 11 is 0. The van der Waals surface area contributed by atoms with Crippen LogP contribution in [0.1, 0.15) is 40.7 Å². The van der Waals surface area contributed by atoms with Crippen LogP contribution in [0.15, 0.2) is 18.2 Å². The Hall–Kier alpha value is -1.98. The van der Waals surface area contributed by atoms with Crippen molar-refractivity contribution in [2.45, 2.75) is 44.6 Å². The van der Waals surface area contributed by atoms with Crippen LogP contribution in [-0.2, 0) is 17.6 Å². The van der Waals surface area contributed by atoms with E-state index in [1.807, 2.05) is 6.07 Å². The van der Waals surface area contributed by atoms with Gasteiger partial charge in [0, 0.05) is 12.0 Å². The van der Waals surface area contributed by atoms with Crippen LogP contribution in [-0.4, -0.2) is 29.5 Å². The zero-order chi connectivity index (χ0) is 15.4. The summed E-state index contributed by atoms with van der Waals surface area (Å²) in [6.45, 7) is 0. The molecule has 1 unspecified atom stereocenters. The summed E-state index contributed by atoms with van der Waals surface area (Å²) in [5, 5.41) is 11.0. The molecule has 114 valence electrons. The van der Waals surface area contributed by atoms with Gasteiger partial charge >= 0.3 is 5.97 Å². The maximum absolute atomic E-state index is 12.3. The molecular weight excluding hydrogens is 280 g/mol. The minimum absolute atomic E-state index is 0.316. The highest BCUT2D eigenvalue weighted by molar-refractivity contribution is 5.96. The van der Waals surface area contributed by atoms with Crippen LogP contribution in [0.2, 0.25) is 0 Å². The molecule has 1 aliphatic carbocycles. The third-order valence-electron chi connectivity index (χ3n) is 3.63. The molecule has 0 aromatic heterocycles. The van der Waals surface area contributed by atoms with Crippen molar-refractivity contribution in [3.05, 3.63) is 34.9 Å². The van der Waals surface area contributed by atoms with Gasteiger partial charge in [0.2, 0.25) is 6.43 Å². The summed E-state index contributed by atoms with van der Waals surface area (Å²) in [6, 6.07) is 3.62. The molecule has 0 saturated heterocycles. The van der Waals surface area contributed by atoms with Gasteiger partial charge in [-0.2, -0.15) is 0 Å². The second-order valence-electron chi connectivity index (χ2n) is 5.18. The minimum Gasteiger partial charge on any atom is -0.480 e. The molecular formula is C15H17F2NO3. The number of carbonyl (C=O) groups is 2. The van der Waals surface area contributed by atoms with E-state index in [0.717, 1.165) is 31.2 Å². The molecule has 2 rings (SSSR count). The van der Waals surface area contributed by atoms with Crippen molar-refractivity contribution in [2.75, 3.05) is 0 Å². The highest BCUT2D eigenvalue weighted by atomic mass is 19.3. The van der Waals surface area contributed by atoms with Gasteiger partial charge in [0.05, 0.1) is 0 Å². The van der Waals surface area contributed by atoms with Gasteiger partial charge in [-0.3, -0.25) is 4.79 Å². The van der Waals surface area contributed by atoms with Crippen molar-refractivity contribution >= 4 is 11.9 Å². The smallest absolute Gasteiger partial charge is 0.326 e. The van der Waals surface area contributed by atoms with E-state index in [9.17, 15) is 18.4 Å². The fourth-order valence-corrected chi connectivity index (χ4v) is 2.52. The third kappa shape index (κ3) is 4.00. The number of carboxylic acids is 1. The highest BCUT2D eigenvalue weighted by Gasteiger charge is 2.25. The number of benzene rings is 1. The van der Waals surface area contributed by atoms with Crippen molar-refractivity contribution in [1.29, 1.82) is 0 Å². The topological polar surface area (TPSA) is 66.4 Å². The lowest BCUT2D eigenvalue weighted by molar-refractivity contribution is -0.140. The van der Waals surface area contributed by atoms with Crippen molar-refractivity contribution in [1.82, 2.24) is 5.32 Å². The molecule has 1 aromatic rings. The number of nitrogens with one attached hydrogen (secondary N) is 1. The summed E-state index contributed by atoms with van der Waals surface area (Å²) in [7, 11) is 0. The van der Waals surface area contributed by atoms with Crippen LogP contribution >= 0.6 is 0 Å². The molecule has 1 aliphatic rings. The normalized spacial score (nSPS) is 15.4. The lowest BCUT2D eigenvalue weighted by atomic mass is 9.90. The maximum atomic E-state index is 12.3. The fourth-order valence-electron chi connectivity index (χ4n) is 2.52. The molecule has 21 heavy (non-hydrogen) atoms. The number of aliphatic carboxylic acids is 1. The van der Waals surface area contributed by atoms with Crippen LogP contribution in [0.25, 0.3) is 0 Å². The molecule has 4 nitrogen and oxygen atoms in total. The number of hydrogen-bond acceptors (Lipinski definition) is 2. The first-order valence-electron chi connectivity index (χ1n) is 6.91. The van der Waals surface area contributed by atoms with Crippen LogP contribution in [0.5, 0.6) is 0 Å². The molecule has 0 radical (unpaired) electrons. The minimum atomic E-state index is -2.78. The number of aryl methyl sites for hydroxylation is 2. The molecule has 0 aliphatic heterocycles. The molecule has 6 heteroatoms. The largest absolute Gasteiger partial charge is 0.480 e. The van der Waals surface area contributed by atoms with E-state index in [0.29, 0.717) is 5.56 Å². The van der Waals surface area contributed by atoms with Crippen LogP contribution in [0.4, 0.5) is 8.78 Å². The summed E-state index contributed by atoms with van der Waals surface area (Å²) in [6.07, 6.45) is 0.354. The summed E-state index contributed by atoms with van der Waals surface area (Å²) in [4.78, 5) is 22.9. The van der Waals surface area contributed by atoms with E-state index >= 15 is 0 Å². The van der Waals surface area contributed by atoms with Crippen molar-refractivity contribution in [3.63, 3.8) is 0 Å². The number of carbonyl (C=O) groups excluding carboxylic acids is 1. The number of amides is 1. The Morgan fingerprint density at radius 2 is 1.86 bits per heavy atom. The number of carboxylic acid groups (broad SMARTS) is 1. The molecule has 2 N–H and O–H groups in total. The predicted molar refractivity (Wildman–Crippen MR) is 72.6 cm³/mol. The number of fused-ring (bicyclic) bond motifs is 1. The Balaban J connectivity index is 2.10. The standard InChI is InChI=1S/C15H17F2NO3/c16-13(17)8-12(15(20)21)18-14(19)11-6-5-9-3-1-2-4-10(9)7-11/h5-7,12-13H,1-4,8H2,(H,18,19)(H,20,21). The van der Waals surface area contributed by atoms with Gasteiger partial charge < -0.3 is 10.4 Å². The van der Waals surface area contributed by atoms with Gasteiger partial charge in [-0.25, -0.2) is 13.6 Å². The molecule has 1 amide bonds. The van der Waals surface area contributed by atoms with Crippen LogP contribution in [0, 0.1) is 0 Å². The van der Waals surface area contributed by atoms with Gasteiger partial charge in [0.15, 0.2) is 0 Å². The lowest BCUT2D eigenvalue weighted by Gasteiger charge is -2.18. The first-order valence-corrected chi connectivity index (χ1v) is 6.91. The number of alkyl halides is 2. The Kier molecular flexibility index (Phi) is 4.88. The van der Waals surface area contributed by atoms with Gasteiger partial charge in [-0.1, -0.05) is 6.07 Å². The van der Waals surface area contributed by atoms with E-state index in [-0.39, 0.29) is 0 Å². The molecule has 0 heterocycles.